The molecule has 126 valence electrons. The van der Waals surface area contributed by atoms with Gasteiger partial charge in [0.15, 0.2) is 0 Å². The van der Waals surface area contributed by atoms with Gasteiger partial charge < -0.3 is 19.7 Å². The summed E-state index contributed by atoms with van der Waals surface area (Å²) in [6.07, 6.45) is 2.01. The highest BCUT2D eigenvalue weighted by Gasteiger charge is 2.06. The van der Waals surface area contributed by atoms with E-state index in [1.54, 1.807) is 0 Å². The summed E-state index contributed by atoms with van der Waals surface area (Å²) in [5.74, 6) is -2.71. The Labute approximate surface area is 128 Å². The van der Waals surface area contributed by atoms with Crippen molar-refractivity contribution < 1.29 is 38.9 Å². The molecule has 0 aliphatic heterocycles. The van der Waals surface area contributed by atoms with E-state index in [0.717, 1.165) is 0 Å². The highest BCUT2D eigenvalue weighted by atomic mass is 16.6. The Morgan fingerprint density at radius 3 is 1.23 bits per heavy atom. The second-order valence-corrected chi connectivity index (χ2v) is 4.64. The molecule has 0 aromatic rings. The number of aliphatic carboxylic acids is 2. The summed E-state index contributed by atoms with van der Waals surface area (Å²) in [6.45, 7) is -0.0861. The largest absolute Gasteiger partial charge is 0.481 e. The molecule has 8 nitrogen and oxygen atoms in total. The van der Waals surface area contributed by atoms with Crippen LogP contribution in [0.4, 0.5) is 0 Å². The van der Waals surface area contributed by atoms with Crippen LogP contribution >= 0.6 is 0 Å². The van der Waals surface area contributed by atoms with Crippen LogP contribution in [0.5, 0.6) is 0 Å². The van der Waals surface area contributed by atoms with Crippen molar-refractivity contribution >= 4 is 23.9 Å². The molecule has 0 unspecified atom stereocenters. The van der Waals surface area contributed by atoms with Gasteiger partial charge in [-0.25, -0.2) is 0 Å². The zero-order valence-electron chi connectivity index (χ0n) is 12.4. The molecule has 0 aliphatic carbocycles. The first-order chi connectivity index (χ1) is 10.4. The Bertz CT molecular complexity index is 341. The third-order valence-corrected chi connectivity index (χ3v) is 2.65. The second kappa shape index (κ2) is 12.6. The number of carboxylic acid groups (broad SMARTS) is 2. The fraction of sp³-hybridized carbons (Fsp3) is 0.714. The van der Waals surface area contributed by atoms with Crippen LogP contribution in [0.25, 0.3) is 0 Å². The monoisotopic (exact) mass is 318 g/mol. The molecule has 0 heterocycles. The van der Waals surface area contributed by atoms with Crippen LogP contribution in [0.2, 0.25) is 0 Å². The van der Waals surface area contributed by atoms with Crippen molar-refractivity contribution in [2.24, 2.45) is 0 Å². The van der Waals surface area contributed by atoms with E-state index in [2.05, 4.69) is 0 Å². The maximum atomic E-state index is 11.2. The number of esters is 2. The quantitative estimate of drug-likeness (QED) is 0.385. The highest BCUT2D eigenvalue weighted by molar-refractivity contribution is 5.70. The van der Waals surface area contributed by atoms with Gasteiger partial charge in [0.2, 0.25) is 0 Å². The Morgan fingerprint density at radius 2 is 0.909 bits per heavy atom. The zero-order chi connectivity index (χ0) is 16.8. The highest BCUT2D eigenvalue weighted by Crippen LogP contribution is 2.03. The third kappa shape index (κ3) is 14.3. The van der Waals surface area contributed by atoms with Crippen LogP contribution in [-0.4, -0.2) is 47.3 Å². The smallest absolute Gasteiger partial charge is 0.305 e. The SMILES string of the molecule is O=C(O)CCCCC(=O)OCCOC(=O)CCCCC(=O)O. The van der Waals surface area contributed by atoms with E-state index >= 15 is 0 Å². The molecule has 0 bridgehead atoms. The average Bonchev–Trinajstić information content (AvgIpc) is 2.44. The molecule has 0 aromatic heterocycles. The molecule has 0 spiro atoms. The van der Waals surface area contributed by atoms with Crippen LogP contribution in [0.3, 0.4) is 0 Å². The van der Waals surface area contributed by atoms with E-state index in [1.165, 1.54) is 0 Å². The fourth-order valence-corrected chi connectivity index (χ4v) is 1.55. The second-order valence-electron chi connectivity index (χ2n) is 4.64. The minimum atomic E-state index is -0.899. The molecular formula is C14H22O8. The van der Waals surface area contributed by atoms with Gasteiger partial charge in [-0.3, -0.25) is 19.2 Å². The van der Waals surface area contributed by atoms with Crippen molar-refractivity contribution in [1.82, 2.24) is 0 Å². The first kappa shape index (κ1) is 19.9. The van der Waals surface area contributed by atoms with Crippen molar-refractivity contribution in [2.75, 3.05) is 13.2 Å². The molecule has 0 atom stereocenters. The van der Waals surface area contributed by atoms with Crippen LogP contribution in [0.15, 0.2) is 0 Å². The first-order valence-electron chi connectivity index (χ1n) is 7.16. The summed E-state index contributed by atoms with van der Waals surface area (Å²) in [4.78, 5) is 43.0. The Balaban J connectivity index is 3.43. The van der Waals surface area contributed by atoms with Gasteiger partial charge in [-0.1, -0.05) is 0 Å². The van der Waals surface area contributed by atoms with Gasteiger partial charge in [-0.05, 0) is 25.7 Å². The number of ether oxygens (including phenoxy) is 2. The third-order valence-electron chi connectivity index (χ3n) is 2.65. The van der Waals surface area contributed by atoms with Crippen molar-refractivity contribution in [1.29, 1.82) is 0 Å². The normalized spacial score (nSPS) is 10.0. The minimum absolute atomic E-state index is 0.0206. The van der Waals surface area contributed by atoms with E-state index in [4.69, 9.17) is 19.7 Å². The molecule has 0 saturated carbocycles. The summed E-state index contributed by atoms with van der Waals surface area (Å²) >= 11 is 0. The van der Waals surface area contributed by atoms with E-state index in [-0.39, 0.29) is 38.9 Å². The lowest BCUT2D eigenvalue weighted by atomic mass is 10.2. The molecule has 0 aromatic carbocycles. The molecule has 22 heavy (non-hydrogen) atoms. The lowest BCUT2D eigenvalue weighted by Gasteiger charge is -2.06. The minimum Gasteiger partial charge on any atom is -0.481 e. The van der Waals surface area contributed by atoms with Gasteiger partial charge in [0.25, 0.3) is 0 Å². The molecule has 0 radical (unpaired) electrons. The summed E-state index contributed by atoms with van der Waals surface area (Å²) in [5.41, 5.74) is 0. The molecule has 0 aliphatic rings. The zero-order valence-corrected chi connectivity index (χ0v) is 12.4. The number of carbonyl (C=O) groups is 4. The van der Waals surface area contributed by atoms with Gasteiger partial charge in [0, 0.05) is 25.7 Å². The number of hydrogen-bond donors (Lipinski definition) is 2. The van der Waals surface area contributed by atoms with Gasteiger partial charge >= 0.3 is 23.9 Å². The number of hydrogen-bond acceptors (Lipinski definition) is 6. The van der Waals surface area contributed by atoms with Crippen molar-refractivity contribution in [3.63, 3.8) is 0 Å². The molecule has 8 heteroatoms. The van der Waals surface area contributed by atoms with Gasteiger partial charge in [0.1, 0.15) is 13.2 Å². The van der Waals surface area contributed by atoms with E-state index in [9.17, 15) is 19.2 Å². The van der Waals surface area contributed by atoms with Gasteiger partial charge in [-0.2, -0.15) is 0 Å². The summed E-state index contributed by atoms with van der Waals surface area (Å²) in [5, 5.41) is 16.8. The van der Waals surface area contributed by atoms with Crippen LogP contribution in [-0.2, 0) is 28.7 Å². The number of carbonyl (C=O) groups excluding carboxylic acids is 2. The van der Waals surface area contributed by atoms with Gasteiger partial charge in [0.05, 0.1) is 0 Å². The lowest BCUT2D eigenvalue weighted by Crippen LogP contribution is -2.13. The molecule has 2 N–H and O–H groups in total. The summed E-state index contributed by atoms with van der Waals surface area (Å²) in [7, 11) is 0. The topological polar surface area (TPSA) is 127 Å². The molecular weight excluding hydrogens is 296 g/mol. The summed E-state index contributed by atoms with van der Waals surface area (Å²) < 4.78 is 9.63. The van der Waals surface area contributed by atoms with Crippen LogP contribution < -0.4 is 0 Å². The standard InChI is InChI=1S/C14H22O8/c15-11(16)5-1-3-7-13(19)21-9-10-22-14(20)8-4-2-6-12(17)18/h1-10H2,(H,15,16)(H,17,18). The van der Waals surface area contributed by atoms with Crippen molar-refractivity contribution in [2.45, 2.75) is 51.4 Å². The number of rotatable bonds is 13. The van der Waals surface area contributed by atoms with Crippen molar-refractivity contribution in [3.8, 4) is 0 Å². The predicted molar refractivity (Wildman–Crippen MR) is 74.1 cm³/mol. The molecule has 0 rings (SSSR count). The Hall–Kier alpha value is -2.12. The summed E-state index contributed by atoms with van der Waals surface area (Å²) in [6, 6.07) is 0. The molecule has 0 fully saturated rings. The van der Waals surface area contributed by atoms with Crippen LogP contribution in [0, 0.1) is 0 Å². The Kier molecular flexibility index (Phi) is 11.4. The lowest BCUT2D eigenvalue weighted by molar-refractivity contribution is -0.152. The van der Waals surface area contributed by atoms with Crippen LogP contribution in [0.1, 0.15) is 51.4 Å². The molecule has 0 saturated heterocycles. The average molecular weight is 318 g/mol. The maximum Gasteiger partial charge on any atom is 0.305 e. The van der Waals surface area contributed by atoms with E-state index < -0.39 is 23.9 Å². The van der Waals surface area contributed by atoms with E-state index in [0.29, 0.717) is 25.7 Å². The predicted octanol–water partition coefficient (Wildman–Crippen LogP) is 1.36. The van der Waals surface area contributed by atoms with E-state index in [1.807, 2.05) is 0 Å². The number of carboxylic acids is 2. The number of unbranched alkanes of at least 4 members (excludes halogenated alkanes) is 2. The molecule has 0 amide bonds. The Morgan fingerprint density at radius 1 is 0.591 bits per heavy atom. The van der Waals surface area contributed by atoms with Gasteiger partial charge in [-0.15, -0.1) is 0 Å². The van der Waals surface area contributed by atoms with Crippen molar-refractivity contribution in [3.05, 3.63) is 0 Å². The fourth-order valence-electron chi connectivity index (χ4n) is 1.55. The first-order valence-corrected chi connectivity index (χ1v) is 7.16. The maximum absolute atomic E-state index is 11.2.